The topological polar surface area (TPSA) is 78.0 Å². The van der Waals surface area contributed by atoms with Gasteiger partial charge in [-0.2, -0.15) is 0 Å². The zero-order valence-electron chi connectivity index (χ0n) is 21.3. The maximum Gasteiger partial charge on any atom is 0.255 e. The number of hydrogen-bond donors (Lipinski definition) is 1. The van der Waals surface area contributed by atoms with E-state index in [-0.39, 0.29) is 18.4 Å². The van der Waals surface area contributed by atoms with Gasteiger partial charge in [-0.15, -0.1) is 0 Å². The second kappa shape index (κ2) is 11.0. The molecule has 8 nitrogen and oxygen atoms in total. The lowest BCUT2D eigenvalue weighted by Gasteiger charge is -2.35. The van der Waals surface area contributed by atoms with E-state index < -0.39 is 0 Å². The van der Waals surface area contributed by atoms with E-state index in [1.165, 1.54) is 0 Å². The third-order valence-corrected chi connectivity index (χ3v) is 7.48. The number of likely N-dealkylation sites (N-methyl/N-ethyl adjacent to an activating group) is 1. The van der Waals surface area contributed by atoms with E-state index in [0.717, 1.165) is 47.4 Å². The summed E-state index contributed by atoms with van der Waals surface area (Å²) in [6.45, 7) is 7.69. The maximum atomic E-state index is 13.9. The Kier molecular flexibility index (Phi) is 7.60. The first-order chi connectivity index (χ1) is 18.0. The molecule has 0 saturated carbocycles. The first kappa shape index (κ1) is 25.4. The quantitative estimate of drug-likeness (QED) is 0.533. The summed E-state index contributed by atoms with van der Waals surface area (Å²) < 4.78 is 5.35. The van der Waals surface area contributed by atoms with Gasteiger partial charge in [0.2, 0.25) is 5.91 Å². The van der Waals surface area contributed by atoms with Crippen LogP contribution in [0.2, 0.25) is 5.02 Å². The Bertz CT molecular complexity index is 1320. The fourth-order valence-electron chi connectivity index (χ4n) is 5.22. The van der Waals surface area contributed by atoms with Crippen molar-refractivity contribution >= 4 is 40.0 Å². The minimum absolute atomic E-state index is 0.0561. The zero-order valence-corrected chi connectivity index (χ0v) is 22.1. The molecule has 0 atom stereocenters. The van der Waals surface area contributed by atoms with Crippen molar-refractivity contribution < 1.29 is 14.3 Å². The molecule has 1 aromatic heterocycles. The molecule has 2 aliphatic rings. The van der Waals surface area contributed by atoms with Gasteiger partial charge in [-0.1, -0.05) is 36.7 Å². The number of aromatic nitrogens is 1. The predicted molar refractivity (Wildman–Crippen MR) is 145 cm³/mol. The number of benzene rings is 2. The number of carbonyl (C=O) groups is 2. The van der Waals surface area contributed by atoms with Crippen LogP contribution < -0.4 is 10.1 Å². The molecule has 37 heavy (non-hydrogen) atoms. The summed E-state index contributed by atoms with van der Waals surface area (Å²) >= 11 is 6.12. The molecule has 2 aliphatic heterocycles. The highest BCUT2D eigenvalue weighted by atomic mass is 35.5. The number of para-hydroxylation sites is 1. The van der Waals surface area contributed by atoms with Gasteiger partial charge in [0, 0.05) is 67.4 Å². The number of carbonyl (C=O) groups excluding carboxylic acids is 2. The van der Waals surface area contributed by atoms with Crippen molar-refractivity contribution in [2.24, 2.45) is 0 Å². The molecular weight excluding hydrogens is 490 g/mol. The van der Waals surface area contributed by atoms with Crippen LogP contribution >= 0.6 is 11.6 Å². The number of hydrogen-bond acceptors (Lipinski definition) is 6. The van der Waals surface area contributed by atoms with Crippen molar-refractivity contribution in [2.75, 3.05) is 58.2 Å². The number of ether oxygens (including phenoxy) is 1. The second-order valence-electron chi connectivity index (χ2n) is 9.51. The van der Waals surface area contributed by atoms with Gasteiger partial charge in [-0.3, -0.25) is 19.5 Å². The van der Waals surface area contributed by atoms with Crippen molar-refractivity contribution in [3.63, 3.8) is 0 Å². The van der Waals surface area contributed by atoms with Crippen LogP contribution in [-0.4, -0.2) is 84.4 Å². The Hall–Kier alpha value is -3.20. The first-order valence-electron chi connectivity index (χ1n) is 12.7. The minimum atomic E-state index is -0.165. The summed E-state index contributed by atoms with van der Waals surface area (Å²) in [7, 11) is 1.55. The maximum absolute atomic E-state index is 13.9. The minimum Gasteiger partial charge on any atom is -0.495 e. The number of nitrogens with one attached hydrogen (secondary N) is 1. The van der Waals surface area contributed by atoms with Crippen molar-refractivity contribution in [1.82, 2.24) is 19.7 Å². The largest absolute Gasteiger partial charge is 0.495 e. The predicted octanol–water partition coefficient (Wildman–Crippen LogP) is 3.67. The number of fused-ring (bicyclic) bond motifs is 2. The van der Waals surface area contributed by atoms with E-state index in [1.807, 2.05) is 29.2 Å². The number of anilines is 1. The third kappa shape index (κ3) is 5.42. The highest BCUT2D eigenvalue weighted by Gasteiger charge is 2.30. The Balaban J connectivity index is 1.39. The standard InChI is InChI=1S/C28H32ClN5O3/c1-3-32-12-14-34(15-13-32)28(36)27-20-6-4-5-7-22(20)30-23-10-11-33(17-21(23)27)18-26(35)31-24-16-19(29)8-9-25(24)37-2/h4-9,16H,3,10-15,17-18H2,1-2H3,(H,31,35). The van der Waals surface area contributed by atoms with Gasteiger partial charge in [0.25, 0.3) is 5.91 Å². The van der Waals surface area contributed by atoms with E-state index in [4.69, 9.17) is 21.3 Å². The SMILES string of the molecule is CCN1CCN(C(=O)c2c3c(nc4ccccc24)CCN(CC(=O)Nc2cc(Cl)ccc2OC)C3)CC1. The molecule has 0 bridgehead atoms. The third-order valence-electron chi connectivity index (χ3n) is 7.25. The van der Waals surface area contributed by atoms with E-state index in [9.17, 15) is 9.59 Å². The number of piperazine rings is 1. The molecule has 1 saturated heterocycles. The number of nitrogens with zero attached hydrogens (tertiary/aromatic N) is 4. The second-order valence-corrected chi connectivity index (χ2v) is 9.95. The van der Waals surface area contributed by atoms with Crippen molar-refractivity contribution in [3.05, 3.63) is 64.3 Å². The Morgan fingerprint density at radius 2 is 1.84 bits per heavy atom. The molecule has 0 radical (unpaired) electrons. The van der Waals surface area contributed by atoms with Crippen LogP contribution in [0.4, 0.5) is 5.69 Å². The summed E-state index contributed by atoms with van der Waals surface area (Å²) in [4.78, 5) is 38.2. The van der Waals surface area contributed by atoms with Gasteiger partial charge >= 0.3 is 0 Å². The van der Waals surface area contributed by atoms with Crippen LogP contribution in [0.25, 0.3) is 10.9 Å². The average Bonchev–Trinajstić information content (AvgIpc) is 2.91. The molecule has 1 N–H and O–H groups in total. The normalized spacial score (nSPS) is 16.5. The molecule has 2 aromatic carbocycles. The molecule has 3 heterocycles. The highest BCUT2D eigenvalue weighted by Crippen LogP contribution is 2.30. The van der Waals surface area contributed by atoms with Crippen LogP contribution in [0, 0.1) is 0 Å². The Morgan fingerprint density at radius 3 is 2.59 bits per heavy atom. The summed E-state index contributed by atoms with van der Waals surface area (Å²) in [5, 5.41) is 4.31. The molecule has 2 amide bonds. The van der Waals surface area contributed by atoms with Gasteiger partial charge < -0.3 is 19.9 Å². The molecular formula is C28H32ClN5O3. The van der Waals surface area contributed by atoms with Gasteiger partial charge in [0.15, 0.2) is 0 Å². The van der Waals surface area contributed by atoms with E-state index >= 15 is 0 Å². The van der Waals surface area contributed by atoms with E-state index in [2.05, 4.69) is 22.0 Å². The molecule has 5 rings (SSSR count). The van der Waals surface area contributed by atoms with Gasteiger partial charge in [0.05, 0.1) is 30.4 Å². The highest BCUT2D eigenvalue weighted by molar-refractivity contribution is 6.31. The number of methoxy groups -OCH3 is 1. The van der Waals surface area contributed by atoms with Crippen molar-refractivity contribution in [2.45, 2.75) is 19.9 Å². The smallest absolute Gasteiger partial charge is 0.255 e. The van der Waals surface area contributed by atoms with E-state index in [0.29, 0.717) is 49.1 Å². The summed E-state index contributed by atoms with van der Waals surface area (Å²) in [6, 6.07) is 13.0. The number of halogens is 1. The Labute approximate surface area is 222 Å². The average molecular weight is 522 g/mol. The fourth-order valence-corrected chi connectivity index (χ4v) is 5.39. The van der Waals surface area contributed by atoms with Crippen molar-refractivity contribution in [3.8, 4) is 5.75 Å². The summed E-state index contributed by atoms with van der Waals surface area (Å²) in [5.74, 6) is 0.440. The van der Waals surface area contributed by atoms with Crippen LogP contribution in [0.15, 0.2) is 42.5 Å². The molecule has 3 aromatic rings. The first-order valence-corrected chi connectivity index (χ1v) is 13.1. The molecule has 0 aliphatic carbocycles. The summed E-state index contributed by atoms with van der Waals surface area (Å²) in [6.07, 6.45) is 0.678. The monoisotopic (exact) mass is 521 g/mol. The lowest BCUT2D eigenvalue weighted by Crippen LogP contribution is -2.49. The fraction of sp³-hybridized carbons (Fsp3) is 0.393. The molecule has 194 valence electrons. The van der Waals surface area contributed by atoms with E-state index in [1.54, 1.807) is 25.3 Å². The van der Waals surface area contributed by atoms with Crippen LogP contribution in [0.5, 0.6) is 5.75 Å². The number of rotatable bonds is 6. The van der Waals surface area contributed by atoms with Crippen molar-refractivity contribution in [1.29, 1.82) is 0 Å². The van der Waals surface area contributed by atoms with Gasteiger partial charge in [-0.05, 0) is 30.8 Å². The molecule has 1 fully saturated rings. The van der Waals surface area contributed by atoms with Crippen LogP contribution in [0.3, 0.4) is 0 Å². The van der Waals surface area contributed by atoms with Gasteiger partial charge in [0.1, 0.15) is 5.75 Å². The molecule has 9 heteroatoms. The summed E-state index contributed by atoms with van der Waals surface area (Å²) in [5.41, 5.74) is 3.98. The number of amides is 2. The Morgan fingerprint density at radius 1 is 1.05 bits per heavy atom. The molecule has 0 spiro atoms. The molecule has 0 unspecified atom stereocenters. The van der Waals surface area contributed by atoms with Crippen LogP contribution in [-0.2, 0) is 17.8 Å². The zero-order chi connectivity index (χ0) is 25.9. The van der Waals surface area contributed by atoms with Gasteiger partial charge in [-0.25, -0.2) is 0 Å². The lowest BCUT2D eigenvalue weighted by molar-refractivity contribution is -0.117. The number of pyridine rings is 1. The lowest BCUT2D eigenvalue weighted by atomic mass is 9.94. The van der Waals surface area contributed by atoms with Crippen LogP contribution in [0.1, 0.15) is 28.5 Å².